The number of aromatic nitrogens is 5. The summed E-state index contributed by atoms with van der Waals surface area (Å²) in [6, 6.07) is 2.18. The Balaban J connectivity index is 0.999. The van der Waals surface area contributed by atoms with Crippen LogP contribution in [0.3, 0.4) is 0 Å². The van der Waals surface area contributed by atoms with Crippen LogP contribution in [0, 0.1) is 5.92 Å². The van der Waals surface area contributed by atoms with Gasteiger partial charge in [0.1, 0.15) is 11.4 Å². The predicted octanol–water partition coefficient (Wildman–Crippen LogP) is 4.33. The van der Waals surface area contributed by atoms with Crippen LogP contribution >= 0.6 is 0 Å². The highest BCUT2D eigenvalue weighted by Crippen LogP contribution is 2.36. The van der Waals surface area contributed by atoms with Gasteiger partial charge in [0, 0.05) is 45.2 Å². The number of rotatable bonds is 9. The molecule has 2 unspecified atom stereocenters. The lowest BCUT2D eigenvalue weighted by Gasteiger charge is -2.36. The summed E-state index contributed by atoms with van der Waals surface area (Å²) in [6.45, 7) is 7.47. The normalized spacial score (nSPS) is 26.7. The number of halogens is 2. The van der Waals surface area contributed by atoms with Crippen LogP contribution in [-0.2, 0) is 9.47 Å². The molecule has 1 N–H and O–H groups in total. The number of hydrogen-bond donors (Lipinski definition) is 1. The number of nitrogens with zero attached hydrogens (tertiary/aromatic N) is 7. The quantitative estimate of drug-likeness (QED) is 0.389. The second-order valence-corrected chi connectivity index (χ2v) is 12.4. The van der Waals surface area contributed by atoms with Crippen LogP contribution in [-0.4, -0.2) is 92.8 Å². The molecule has 43 heavy (non-hydrogen) atoms. The molecule has 232 valence electrons. The molecule has 2 bridgehead atoms. The number of fused-ring (bicyclic) bond motifs is 3. The lowest BCUT2D eigenvalue weighted by atomic mass is 9.85. The van der Waals surface area contributed by atoms with Gasteiger partial charge < -0.3 is 24.6 Å². The number of likely N-dealkylation sites (tertiary alicyclic amines) is 1. The zero-order valence-corrected chi connectivity index (χ0v) is 24.6. The number of hydrogen-bond acceptors (Lipinski definition) is 8. The summed E-state index contributed by atoms with van der Waals surface area (Å²) >= 11 is 0. The first-order valence-corrected chi connectivity index (χ1v) is 15.7. The van der Waals surface area contributed by atoms with E-state index in [0.717, 1.165) is 83.5 Å². The standard InChI is InChI=1S/C30H40F2N8O3/c1-2-42-22-7-10-37(11-8-22)15-19-3-5-20(6-4-19)40-17-25(27(36-40)28(31)32)34-30(41)24-14-33-39-12-9-26(35-29(24)39)38-16-23-13-21(38)18-43-23/h9,12,14,17,19-23,28H,2-8,10-11,13,15-16,18H2,1H3,(H,34,41). The molecule has 2 atom stereocenters. The van der Waals surface area contributed by atoms with Crippen LogP contribution in [0.5, 0.6) is 0 Å². The van der Waals surface area contributed by atoms with E-state index in [1.54, 1.807) is 17.1 Å². The molecule has 13 heteroatoms. The Labute approximate surface area is 249 Å². The van der Waals surface area contributed by atoms with Crippen molar-refractivity contribution in [3.8, 4) is 0 Å². The average molecular weight is 599 g/mol. The molecule has 3 aliphatic heterocycles. The fraction of sp³-hybridized carbons (Fsp3) is 0.667. The zero-order chi connectivity index (χ0) is 29.5. The van der Waals surface area contributed by atoms with Crippen molar-refractivity contribution in [2.24, 2.45) is 5.92 Å². The first-order valence-electron chi connectivity index (χ1n) is 15.7. The molecule has 0 spiro atoms. The predicted molar refractivity (Wildman–Crippen MR) is 156 cm³/mol. The maximum Gasteiger partial charge on any atom is 0.284 e. The Morgan fingerprint density at radius 1 is 1.16 bits per heavy atom. The molecular formula is C30H40F2N8O3. The van der Waals surface area contributed by atoms with Crippen LogP contribution in [0.4, 0.5) is 20.3 Å². The molecule has 3 saturated heterocycles. The van der Waals surface area contributed by atoms with E-state index >= 15 is 0 Å². The van der Waals surface area contributed by atoms with Gasteiger partial charge in [-0.05, 0) is 63.9 Å². The number of amides is 1. The van der Waals surface area contributed by atoms with E-state index < -0.39 is 18.0 Å². The highest BCUT2D eigenvalue weighted by atomic mass is 19.3. The Morgan fingerprint density at radius 3 is 2.67 bits per heavy atom. The Hall–Kier alpha value is -3.16. The topological polar surface area (TPSA) is 102 Å². The molecule has 4 aliphatic rings. The maximum atomic E-state index is 14.1. The van der Waals surface area contributed by atoms with E-state index in [4.69, 9.17) is 14.5 Å². The van der Waals surface area contributed by atoms with E-state index in [9.17, 15) is 13.6 Å². The summed E-state index contributed by atoms with van der Waals surface area (Å²) in [4.78, 5) is 22.8. The molecule has 6 heterocycles. The molecule has 0 aromatic carbocycles. The third kappa shape index (κ3) is 5.86. The minimum atomic E-state index is -2.81. The summed E-state index contributed by atoms with van der Waals surface area (Å²) in [7, 11) is 0. The first-order chi connectivity index (χ1) is 20.9. The number of nitrogens with one attached hydrogen (secondary N) is 1. The maximum absolute atomic E-state index is 14.1. The van der Waals surface area contributed by atoms with Crippen LogP contribution in [0.25, 0.3) is 5.65 Å². The second-order valence-electron chi connectivity index (χ2n) is 12.4. The average Bonchev–Trinajstić information content (AvgIpc) is 3.82. The van der Waals surface area contributed by atoms with E-state index in [2.05, 4.69) is 25.3 Å². The van der Waals surface area contributed by atoms with Crippen molar-refractivity contribution in [2.75, 3.05) is 49.6 Å². The van der Waals surface area contributed by atoms with Crippen molar-refractivity contribution in [2.45, 2.75) is 82.6 Å². The number of carbonyl (C=O) groups is 1. The monoisotopic (exact) mass is 598 g/mol. The molecule has 1 amide bonds. The van der Waals surface area contributed by atoms with Crippen molar-refractivity contribution >= 4 is 23.1 Å². The fourth-order valence-corrected chi connectivity index (χ4v) is 7.35. The molecule has 3 aromatic heterocycles. The van der Waals surface area contributed by atoms with Gasteiger partial charge >= 0.3 is 0 Å². The minimum Gasteiger partial charge on any atom is -0.378 e. The number of carbonyl (C=O) groups excluding carboxylic acids is 1. The summed E-state index contributed by atoms with van der Waals surface area (Å²) in [5.74, 6) is 0.814. The van der Waals surface area contributed by atoms with Crippen molar-refractivity contribution in [1.82, 2.24) is 29.3 Å². The van der Waals surface area contributed by atoms with Gasteiger partial charge in [0.05, 0.1) is 42.8 Å². The molecule has 7 rings (SSSR count). The van der Waals surface area contributed by atoms with Gasteiger partial charge in [0.25, 0.3) is 12.3 Å². The fourth-order valence-electron chi connectivity index (χ4n) is 7.35. The number of anilines is 2. The summed E-state index contributed by atoms with van der Waals surface area (Å²) in [6.07, 6.45) is 9.49. The minimum absolute atomic E-state index is 0.0313. The van der Waals surface area contributed by atoms with Crippen LogP contribution < -0.4 is 10.2 Å². The third-order valence-corrected chi connectivity index (χ3v) is 9.65. The zero-order valence-electron chi connectivity index (χ0n) is 24.6. The van der Waals surface area contributed by atoms with Crippen molar-refractivity contribution in [3.63, 3.8) is 0 Å². The smallest absolute Gasteiger partial charge is 0.284 e. The lowest BCUT2D eigenvalue weighted by Crippen LogP contribution is -2.40. The van der Waals surface area contributed by atoms with Gasteiger partial charge in [-0.1, -0.05) is 0 Å². The highest BCUT2D eigenvalue weighted by Gasteiger charge is 2.40. The van der Waals surface area contributed by atoms with Gasteiger partial charge in [-0.25, -0.2) is 18.3 Å². The molecule has 1 aliphatic carbocycles. The molecule has 11 nitrogen and oxygen atoms in total. The van der Waals surface area contributed by atoms with Gasteiger partial charge in [0.15, 0.2) is 11.3 Å². The Bertz CT molecular complexity index is 1430. The summed E-state index contributed by atoms with van der Waals surface area (Å²) in [5.41, 5.74) is 0.223. The molecular weight excluding hydrogens is 558 g/mol. The molecule has 4 fully saturated rings. The largest absolute Gasteiger partial charge is 0.378 e. The lowest BCUT2D eigenvalue weighted by molar-refractivity contribution is 0.00921. The number of morpholine rings is 1. The van der Waals surface area contributed by atoms with Crippen molar-refractivity contribution in [3.05, 3.63) is 35.9 Å². The van der Waals surface area contributed by atoms with Crippen LogP contribution in [0.2, 0.25) is 0 Å². The van der Waals surface area contributed by atoms with E-state index in [0.29, 0.717) is 24.3 Å². The van der Waals surface area contributed by atoms with E-state index in [1.165, 1.54) is 10.7 Å². The summed E-state index contributed by atoms with van der Waals surface area (Å²) in [5, 5.41) is 11.2. The Kier molecular flexibility index (Phi) is 8.04. The van der Waals surface area contributed by atoms with Crippen molar-refractivity contribution < 1.29 is 23.0 Å². The number of alkyl halides is 2. The molecule has 0 radical (unpaired) electrons. The number of piperidine rings is 1. The molecule has 1 saturated carbocycles. The SMILES string of the molecule is CCOC1CCN(CC2CCC(n3cc(NC(=O)c4cnn5ccc(N6CC7CC6CO7)nc45)c(C(F)F)n3)CC2)CC1. The first kappa shape index (κ1) is 28.6. The summed E-state index contributed by atoms with van der Waals surface area (Å²) < 4.78 is 42.8. The van der Waals surface area contributed by atoms with Gasteiger partial charge in [-0.3, -0.25) is 9.48 Å². The highest BCUT2D eigenvalue weighted by molar-refractivity contribution is 6.08. The van der Waals surface area contributed by atoms with Gasteiger partial charge in [0.2, 0.25) is 0 Å². The van der Waals surface area contributed by atoms with E-state index in [1.807, 2.05) is 13.0 Å². The van der Waals surface area contributed by atoms with Crippen LogP contribution in [0.15, 0.2) is 24.7 Å². The molecule has 3 aromatic rings. The van der Waals surface area contributed by atoms with Crippen LogP contribution in [0.1, 0.15) is 80.4 Å². The van der Waals surface area contributed by atoms with E-state index in [-0.39, 0.29) is 29.4 Å². The van der Waals surface area contributed by atoms with Gasteiger partial charge in [-0.15, -0.1) is 0 Å². The van der Waals surface area contributed by atoms with Crippen molar-refractivity contribution in [1.29, 1.82) is 0 Å². The third-order valence-electron chi connectivity index (χ3n) is 9.65. The second kappa shape index (κ2) is 12.1. The number of ether oxygens (including phenoxy) is 2. The van der Waals surface area contributed by atoms with Gasteiger partial charge in [-0.2, -0.15) is 10.2 Å². The Morgan fingerprint density at radius 2 is 1.98 bits per heavy atom.